The highest BCUT2D eigenvalue weighted by atomic mass is 16.5. The van der Waals surface area contributed by atoms with Crippen LogP contribution in [0.1, 0.15) is 16.1 Å². The van der Waals surface area contributed by atoms with Gasteiger partial charge in [0.2, 0.25) is 0 Å². The van der Waals surface area contributed by atoms with E-state index >= 15 is 0 Å². The van der Waals surface area contributed by atoms with Crippen molar-refractivity contribution in [2.24, 2.45) is 0 Å². The number of ether oxygens (including phenoxy) is 1. The highest BCUT2D eigenvalue weighted by Gasteiger charge is 2.21. The second-order valence-corrected chi connectivity index (χ2v) is 5.67. The fourth-order valence-corrected chi connectivity index (χ4v) is 2.59. The third kappa shape index (κ3) is 3.68. The molecule has 7 heteroatoms. The van der Waals surface area contributed by atoms with Crippen LogP contribution < -0.4 is 5.32 Å². The number of aromatic nitrogens is 3. The van der Waals surface area contributed by atoms with Gasteiger partial charge in [0.1, 0.15) is 6.61 Å². The molecule has 3 aromatic rings. The van der Waals surface area contributed by atoms with Crippen molar-refractivity contribution in [2.75, 3.05) is 13.7 Å². The van der Waals surface area contributed by atoms with E-state index in [4.69, 9.17) is 4.74 Å². The van der Waals surface area contributed by atoms with Crippen molar-refractivity contribution in [3.63, 3.8) is 0 Å². The first-order valence-electron chi connectivity index (χ1n) is 7.99. The summed E-state index contributed by atoms with van der Waals surface area (Å²) in [5, 5.41) is 6.68. The van der Waals surface area contributed by atoms with Gasteiger partial charge in [0.15, 0.2) is 5.69 Å². The lowest BCUT2D eigenvalue weighted by Crippen LogP contribution is -2.33. The van der Waals surface area contributed by atoms with Gasteiger partial charge in [-0.05, 0) is 30.2 Å². The number of nitrogens with zero attached hydrogens (tertiary/aromatic N) is 3. The molecule has 1 aromatic carbocycles. The molecular weight excluding hydrogens is 332 g/mol. The van der Waals surface area contributed by atoms with Gasteiger partial charge < -0.3 is 4.74 Å². The molecule has 0 radical (unpaired) electrons. The Balaban J connectivity index is 2.06. The fourth-order valence-electron chi connectivity index (χ4n) is 2.59. The molecule has 132 valence electrons. The van der Waals surface area contributed by atoms with Crippen molar-refractivity contribution in [1.29, 1.82) is 0 Å². The number of carbonyl (C=O) groups is 2. The molecule has 0 unspecified atom stereocenters. The highest BCUT2D eigenvalue weighted by Crippen LogP contribution is 2.27. The maximum Gasteiger partial charge on any atom is 0.279 e. The van der Waals surface area contributed by atoms with Crippen LogP contribution in [0, 0.1) is 6.92 Å². The molecule has 0 atom stereocenters. The lowest BCUT2D eigenvalue weighted by atomic mass is 10.0. The summed E-state index contributed by atoms with van der Waals surface area (Å²) in [6.07, 6.45) is 5.06. The zero-order valence-electron chi connectivity index (χ0n) is 14.5. The van der Waals surface area contributed by atoms with Gasteiger partial charge in [0, 0.05) is 25.1 Å². The van der Waals surface area contributed by atoms with Crippen LogP contribution >= 0.6 is 0 Å². The number of hydrogen-bond donors (Lipinski definition) is 1. The van der Waals surface area contributed by atoms with Crippen LogP contribution in [0.4, 0.5) is 0 Å². The molecule has 3 rings (SSSR count). The summed E-state index contributed by atoms with van der Waals surface area (Å²) >= 11 is 0. The first-order chi connectivity index (χ1) is 12.6. The lowest BCUT2D eigenvalue weighted by molar-refractivity contribution is -0.123. The van der Waals surface area contributed by atoms with E-state index in [0.717, 1.165) is 11.1 Å². The van der Waals surface area contributed by atoms with Gasteiger partial charge in [-0.2, -0.15) is 5.10 Å². The summed E-state index contributed by atoms with van der Waals surface area (Å²) < 4.78 is 6.32. The van der Waals surface area contributed by atoms with Crippen LogP contribution in [0.25, 0.3) is 16.8 Å². The van der Waals surface area contributed by atoms with E-state index in [1.165, 1.54) is 7.11 Å². The molecule has 0 saturated heterocycles. The molecule has 0 fully saturated rings. The van der Waals surface area contributed by atoms with E-state index in [9.17, 15) is 9.59 Å². The van der Waals surface area contributed by atoms with Gasteiger partial charge in [-0.25, -0.2) is 4.68 Å². The van der Waals surface area contributed by atoms with Gasteiger partial charge in [-0.3, -0.25) is 19.9 Å². The van der Waals surface area contributed by atoms with E-state index in [2.05, 4.69) is 15.4 Å². The van der Waals surface area contributed by atoms with Crippen LogP contribution in [0.3, 0.4) is 0 Å². The average Bonchev–Trinajstić information content (AvgIpc) is 3.08. The summed E-state index contributed by atoms with van der Waals surface area (Å²) in [6.45, 7) is 1.75. The maximum absolute atomic E-state index is 12.6. The van der Waals surface area contributed by atoms with E-state index < -0.39 is 11.8 Å². The van der Waals surface area contributed by atoms with Crippen molar-refractivity contribution in [3.05, 3.63) is 66.2 Å². The Bertz CT molecular complexity index is 935. The van der Waals surface area contributed by atoms with Crippen LogP contribution in [0.5, 0.6) is 0 Å². The molecule has 1 N–H and O–H groups in total. The number of nitrogens with one attached hydrogen (secondary N) is 1. The van der Waals surface area contributed by atoms with E-state index in [1.54, 1.807) is 29.3 Å². The highest BCUT2D eigenvalue weighted by molar-refractivity contribution is 6.07. The lowest BCUT2D eigenvalue weighted by Gasteiger charge is -2.06. The van der Waals surface area contributed by atoms with Gasteiger partial charge in [0.05, 0.1) is 11.9 Å². The van der Waals surface area contributed by atoms with E-state index in [0.29, 0.717) is 11.3 Å². The second-order valence-electron chi connectivity index (χ2n) is 5.67. The SMILES string of the molecule is COCC(=O)NC(=O)c1nn(-c2cccnc2)cc1-c1ccccc1C. The molecule has 0 bridgehead atoms. The number of methoxy groups -OCH3 is 1. The van der Waals surface area contributed by atoms with E-state index in [1.807, 2.05) is 37.3 Å². The quantitative estimate of drug-likeness (QED) is 0.762. The van der Waals surface area contributed by atoms with Crippen molar-refractivity contribution in [3.8, 4) is 16.8 Å². The summed E-state index contributed by atoms with van der Waals surface area (Å²) in [7, 11) is 1.39. The molecule has 26 heavy (non-hydrogen) atoms. The Kier molecular flexibility index (Phi) is 5.19. The summed E-state index contributed by atoms with van der Waals surface area (Å²) in [6, 6.07) is 11.3. The molecule has 0 saturated carbocycles. The van der Waals surface area contributed by atoms with Crippen LogP contribution in [-0.4, -0.2) is 40.3 Å². The largest absolute Gasteiger partial charge is 0.375 e. The minimum atomic E-state index is -0.576. The predicted molar refractivity (Wildman–Crippen MR) is 95.9 cm³/mol. The zero-order valence-corrected chi connectivity index (χ0v) is 14.5. The Morgan fingerprint density at radius 3 is 2.65 bits per heavy atom. The monoisotopic (exact) mass is 350 g/mol. The normalized spacial score (nSPS) is 10.5. The maximum atomic E-state index is 12.6. The van der Waals surface area contributed by atoms with Crippen LogP contribution in [-0.2, 0) is 9.53 Å². The molecule has 2 heterocycles. The first kappa shape index (κ1) is 17.5. The number of amides is 2. The van der Waals surface area contributed by atoms with Crippen molar-refractivity contribution < 1.29 is 14.3 Å². The number of benzene rings is 1. The molecular formula is C19H18N4O3. The molecule has 2 amide bonds. The van der Waals surface area contributed by atoms with Gasteiger partial charge in [0.25, 0.3) is 11.8 Å². The Hall–Kier alpha value is -3.32. The molecule has 0 aliphatic heterocycles. The predicted octanol–water partition coefficient (Wildman–Crippen LogP) is 2.15. The standard InChI is InChI=1S/C19H18N4O3/c1-13-6-3-4-8-15(13)16-11-23(14-7-5-9-20-10-14)22-18(16)19(25)21-17(24)12-26-2/h3-11H,12H2,1-2H3,(H,21,24,25). The van der Waals surface area contributed by atoms with Gasteiger partial charge >= 0.3 is 0 Å². The van der Waals surface area contributed by atoms with E-state index in [-0.39, 0.29) is 12.3 Å². The topological polar surface area (TPSA) is 86.1 Å². The summed E-state index contributed by atoms with van der Waals surface area (Å²) in [4.78, 5) is 28.4. The summed E-state index contributed by atoms with van der Waals surface area (Å²) in [5.74, 6) is -1.10. The van der Waals surface area contributed by atoms with Gasteiger partial charge in [-0.15, -0.1) is 0 Å². The molecule has 0 aliphatic rings. The molecule has 2 aromatic heterocycles. The Morgan fingerprint density at radius 2 is 1.96 bits per heavy atom. The average molecular weight is 350 g/mol. The zero-order chi connectivity index (χ0) is 18.5. The third-order valence-electron chi connectivity index (χ3n) is 3.80. The number of pyridine rings is 1. The van der Waals surface area contributed by atoms with Crippen molar-refractivity contribution >= 4 is 11.8 Å². The summed E-state index contributed by atoms with van der Waals surface area (Å²) in [5.41, 5.74) is 3.37. The molecule has 0 spiro atoms. The molecule has 7 nitrogen and oxygen atoms in total. The van der Waals surface area contributed by atoms with Crippen molar-refractivity contribution in [1.82, 2.24) is 20.1 Å². The first-order valence-corrected chi connectivity index (χ1v) is 7.99. The minimum absolute atomic E-state index is 0.160. The number of rotatable bonds is 5. The number of hydrogen-bond acceptors (Lipinski definition) is 5. The Labute approximate surface area is 150 Å². The Morgan fingerprint density at radius 1 is 1.15 bits per heavy atom. The van der Waals surface area contributed by atoms with Crippen LogP contribution in [0.15, 0.2) is 55.0 Å². The number of aryl methyl sites for hydroxylation is 1. The fraction of sp³-hybridized carbons (Fsp3) is 0.158. The van der Waals surface area contributed by atoms with Crippen molar-refractivity contribution in [2.45, 2.75) is 6.92 Å². The van der Waals surface area contributed by atoms with Crippen LogP contribution in [0.2, 0.25) is 0 Å². The molecule has 0 aliphatic carbocycles. The minimum Gasteiger partial charge on any atom is -0.375 e. The smallest absolute Gasteiger partial charge is 0.279 e. The second kappa shape index (κ2) is 7.71. The third-order valence-corrected chi connectivity index (χ3v) is 3.80. The van der Waals surface area contributed by atoms with Gasteiger partial charge in [-0.1, -0.05) is 24.3 Å². The number of imide groups is 1. The number of carbonyl (C=O) groups excluding carboxylic acids is 2.